The Morgan fingerprint density at radius 2 is 1.77 bits per heavy atom. The molecule has 5 nitrogen and oxygen atoms in total. The fourth-order valence-corrected chi connectivity index (χ4v) is 5.62. The quantitative estimate of drug-likeness (QED) is 0.455. The van der Waals surface area contributed by atoms with Crippen molar-refractivity contribution in [1.82, 2.24) is 10.3 Å². The van der Waals surface area contributed by atoms with Crippen molar-refractivity contribution in [2.24, 2.45) is 11.8 Å². The Bertz CT molecular complexity index is 1150. The van der Waals surface area contributed by atoms with Crippen molar-refractivity contribution < 1.29 is 13.9 Å². The van der Waals surface area contributed by atoms with Crippen LogP contribution in [0.3, 0.4) is 0 Å². The van der Waals surface area contributed by atoms with Crippen molar-refractivity contribution in [3.05, 3.63) is 66.1 Å². The predicted molar refractivity (Wildman–Crippen MR) is 137 cm³/mol. The van der Waals surface area contributed by atoms with Gasteiger partial charge >= 0.3 is 0 Å². The first-order valence-corrected chi connectivity index (χ1v) is 12.9. The van der Waals surface area contributed by atoms with Crippen LogP contribution in [-0.4, -0.2) is 30.1 Å². The number of benzene rings is 2. The topological polar surface area (TPSA) is 63.2 Å². The summed E-state index contributed by atoms with van der Waals surface area (Å²) in [4.78, 5) is 17.4. The number of ether oxygens (including phenoxy) is 1. The lowest BCUT2D eigenvalue weighted by Gasteiger charge is -2.32. The molecule has 5 rings (SSSR count). The van der Waals surface area contributed by atoms with E-state index in [0.29, 0.717) is 11.8 Å². The fraction of sp³-hybridized carbons (Fsp3) is 0.448. The van der Waals surface area contributed by atoms with E-state index in [1.807, 2.05) is 43.5 Å². The SMILES string of the molecule is C[C@@H](C(=O)Nc1ccc(OC2CCNCC2)cc1)[C@H]1CC[C@@H](c2ccnc3ccc(F)cc32)CC1. The van der Waals surface area contributed by atoms with Crippen LogP contribution in [0.1, 0.15) is 56.9 Å². The normalized spacial score (nSPS) is 22.0. The number of piperidine rings is 1. The second kappa shape index (κ2) is 10.7. The van der Waals surface area contributed by atoms with Crippen LogP contribution >= 0.6 is 0 Å². The van der Waals surface area contributed by atoms with Gasteiger partial charge in [0.25, 0.3) is 0 Å². The Morgan fingerprint density at radius 1 is 1.03 bits per heavy atom. The van der Waals surface area contributed by atoms with Crippen LogP contribution in [0.2, 0.25) is 0 Å². The second-order valence-corrected chi connectivity index (χ2v) is 10.0. The van der Waals surface area contributed by atoms with Crippen molar-refractivity contribution in [3.8, 4) is 5.75 Å². The Balaban J connectivity index is 1.15. The van der Waals surface area contributed by atoms with Crippen molar-refractivity contribution in [2.45, 2.75) is 57.5 Å². The summed E-state index contributed by atoms with van der Waals surface area (Å²) in [6.45, 7) is 4.03. The van der Waals surface area contributed by atoms with E-state index in [4.69, 9.17) is 4.74 Å². The third-order valence-electron chi connectivity index (χ3n) is 7.78. The molecular weight excluding hydrogens is 441 g/mol. The molecule has 0 radical (unpaired) electrons. The number of anilines is 1. The molecule has 2 aromatic carbocycles. The largest absolute Gasteiger partial charge is 0.490 e. The molecule has 0 unspecified atom stereocenters. The molecule has 3 aromatic rings. The molecule has 2 aliphatic rings. The summed E-state index contributed by atoms with van der Waals surface area (Å²) in [6, 6.07) is 14.6. The molecular formula is C29H34FN3O2. The van der Waals surface area contributed by atoms with Gasteiger partial charge in [0.1, 0.15) is 17.7 Å². The number of hydrogen-bond donors (Lipinski definition) is 2. The van der Waals surface area contributed by atoms with Gasteiger partial charge in [0.15, 0.2) is 0 Å². The number of carbonyl (C=O) groups excluding carboxylic acids is 1. The molecule has 2 fully saturated rings. The summed E-state index contributed by atoms with van der Waals surface area (Å²) in [7, 11) is 0. The minimum absolute atomic E-state index is 0.0618. The van der Waals surface area contributed by atoms with Gasteiger partial charge < -0.3 is 15.4 Å². The highest BCUT2D eigenvalue weighted by Crippen LogP contribution is 2.41. The monoisotopic (exact) mass is 475 g/mol. The molecule has 1 aliphatic carbocycles. The molecule has 6 heteroatoms. The van der Waals surface area contributed by atoms with Gasteiger partial charge in [-0.1, -0.05) is 6.92 Å². The maximum atomic E-state index is 13.9. The smallest absolute Gasteiger partial charge is 0.227 e. The minimum Gasteiger partial charge on any atom is -0.490 e. The highest BCUT2D eigenvalue weighted by Gasteiger charge is 2.30. The zero-order chi connectivity index (χ0) is 24.2. The van der Waals surface area contributed by atoms with Crippen LogP contribution in [-0.2, 0) is 4.79 Å². The Hall–Kier alpha value is -2.99. The summed E-state index contributed by atoms with van der Waals surface area (Å²) in [5.41, 5.74) is 2.82. The van der Waals surface area contributed by atoms with Crippen molar-refractivity contribution in [1.29, 1.82) is 0 Å². The number of aromatic nitrogens is 1. The number of rotatable bonds is 6. The first-order valence-electron chi connectivity index (χ1n) is 12.9. The standard InChI is InChI=1S/C29H34FN3O2/c1-19(29(34)33-23-7-9-24(10-8-23)35-25-12-15-31-16-13-25)20-2-4-21(5-3-20)26-14-17-32-28-11-6-22(30)18-27(26)28/h6-11,14,17-21,25,31H,2-5,12-13,15-16H2,1H3,(H,33,34)/t19-,20-,21+/m1/s1. The summed E-state index contributed by atoms with van der Waals surface area (Å²) in [6.07, 6.45) is 8.10. The van der Waals surface area contributed by atoms with E-state index in [1.54, 1.807) is 12.1 Å². The average Bonchev–Trinajstić information content (AvgIpc) is 2.90. The average molecular weight is 476 g/mol. The number of amides is 1. The van der Waals surface area contributed by atoms with Gasteiger partial charge in [-0.15, -0.1) is 0 Å². The maximum absolute atomic E-state index is 13.9. The first-order chi connectivity index (χ1) is 17.1. The van der Waals surface area contributed by atoms with E-state index in [1.165, 1.54) is 11.6 Å². The van der Waals surface area contributed by atoms with Gasteiger partial charge in [0, 0.05) is 23.2 Å². The number of fused-ring (bicyclic) bond motifs is 1. The van der Waals surface area contributed by atoms with Crippen molar-refractivity contribution >= 4 is 22.5 Å². The molecule has 1 saturated carbocycles. The highest BCUT2D eigenvalue weighted by atomic mass is 19.1. The highest BCUT2D eigenvalue weighted by molar-refractivity contribution is 5.92. The molecule has 1 aromatic heterocycles. The number of hydrogen-bond acceptors (Lipinski definition) is 4. The van der Waals surface area contributed by atoms with Crippen molar-refractivity contribution in [2.75, 3.05) is 18.4 Å². The van der Waals surface area contributed by atoms with Gasteiger partial charge in [-0.2, -0.15) is 0 Å². The van der Waals surface area contributed by atoms with Gasteiger partial charge in [0.05, 0.1) is 5.52 Å². The third-order valence-corrected chi connectivity index (χ3v) is 7.78. The van der Waals surface area contributed by atoms with Gasteiger partial charge in [0.2, 0.25) is 5.91 Å². The van der Waals surface area contributed by atoms with Crippen LogP contribution in [0.15, 0.2) is 54.7 Å². The number of pyridine rings is 1. The Labute approximate surface area is 206 Å². The van der Waals surface area contributed by atoms with E-state index in [9.17, 15) is 9.18 Å². The first kappa shape index (κ1) is 23.7. The van der Waals surface area contributed by atoms with Crippen LogP contribution in [0, 0.1) is 17.7 Å². The molecule has 0 spiro atoms. The van der Waals surface area contributed by atoms with E-state index in [0.717, 1.165) is 74.0 Å². The van der Waals surface area contributed by atoms with Crippen LogP contribution in [0.4, 0.5) is 10.1 Å². The number of halogens is 1. The molecule has 1 atom stereocenters. The number of nitrogens with one attached hydrogen (secondary N) is 2. The maximum Gasteiger partial charge on any atom is 0.227 e. The zero-order valence-corrected chi connectivity index (χ0v) is 20.3. The van der Waals surface area contributed by atoms with E-state index < -0.39 is 0 Å². The van der Waals surface area contributed by atoms with Crippen LogP contribution < -0.4 is 15.4 Å². The van der Waals surface area contributed by atoms with Crippen LogP contribution in [0.5, 0.6) is 5.75 Å². The molecule has 2 N–H and O–H groups in total. The molecule has 0 bridgehead atoms. The lowest BCUT2D eigenvalue weighted by molar-refractivity contribution is -0.121. The fourth-order valence-electron chi connectivity index (χ4n) is 5.62. The molecule has 1 aliphatic heterocycles. The molecule has 1 amide bonds. The summed E-state index contributed by atoms with van der Waals surface area (Å²) >= 11 is 0. The van der Waals surface area contributed by atoms with E-state index in [2.05, 4.69) is 15.6 Å². The molecule has 35 heavy (non-hydrogen) atoms. The van der Waals surface area contributed by atoms with E-state index in [-0.39, 0.29) is 23.7 Å². The van der Waals surface area contributed by atoms with Gasteiger partial charge in [-0.05, 0) is 118 Å². The predicted octanol–water partition coefficient (Wildman–Crippen LogP) is 6.05. The second-order valence-electron chi connectivity index (χ2n) is 10.0. The summed E-state index contributed by atoms with van der Waals surface area (Å²) in [5.74, 6) is 1.35. The minimum atomic E-state index is -0.225. The molecule has 1 saturated heterocycles. The number of nitrogens with zero attached hydrogens (tertiary/aromatic N) is 1. The molecule has 184 valence electrons. The van der Waals surface area contributed by atoms with Gasteiger partial charge in [-0.3, -0.25) is 9.78 Å². The third kappa shape index (κ3) is 5.64. The Kier molecular flexibility index (Phi) is 7.28. The van der Waals surface area contributed by atoms with Gasteiger partial charge in [-0.25, -0.2) is 4.39 Å². The summed E-state index contributed by atoms with van der Waals surface area (Å²) < 4.78 is 19.9. The van der Waals surface area contributed by atoms with Crippen molar-refractivity contribution in [3.63, 3.8) is 0 Å². The van der Waals surface area contributed by atoms with E-state index >= 15 is 0 Å². The van der Waals surface area contributed by atoms with Crippen LogP contribution in [0.25, 0.3) is 10.9 Å². The lowest BCUT2D eigenvalue weighted by atomic mass is 9.73. The number of carbonyl (C=O) groups is 1. The zero-order valence-electron chi connectivity index (χ0n) is 20.3. The molecule has 2 heterocycles. The Morgan fingerprint density at radius 3 is 2.51 bits per heavy atom. The lowest BCUT2D eigenvalue weighted by Crippen LogP contribution is -2.34. The summed E-state index contributed by atoms with van der Waals surface area (Å²) in [5, 5.41) is 7.34.